The highest BCUT2D eigenvalue weighted by Gasteiger charge is 2.29. The Hall–Kier alpha value is -0.910. The fourth-order valence-corrected chi connectivity index (χ4v) is 3.06. The Kier molecular flexibility index (Phi) is 5.52. The van der Waals surface area contributed by atoms with Crippen LogP contribution in [0.25, 0.3) is 0 Å². The van der Waals surface area contributed by atoms with Crippen molar-refractivity contribution in [2.24, 2.45) is 5.92 Å². The van der Waals surface area contributed by atoms with Crippen LogP contribution in [-0.2, 0) is 4.79 Å². The Balaban J connectivity index is 2.60. The van der Waals surface area contributed by atoms with Crippen molar-refractivity contribution in [1.82, 2.24) is 10.2 Å². The van der Waals surface area contributed by atoms with E-state index < -0.39 is 12.0 Å². The zero-order valence-electron chi connectivity index (χ0n) is 12.1. The van der Waals surface area contributed by atoms with Gasteiger partial charge in [0.1, 0.15) is 6.04 Å². The third-order valence-corrected chi connectivity index (χ3v) is 4.71. The molecule has 0 bridgehead atoms. The summed E-state index contributed by atoms with van der Waals surface area (Å²) in [5.74, 6) is -0.216. The van der Waals surface area contributed by atoms with E-state index in [2.05, 4.69) is 19.2 Å². The summed E-state index contributed by atoms with van der Waals surface area (Å²) in [6.07, 6.45) is 0.921. The molecule has 1 saturated heterocycles. The summed E-state index contributed by atoms with van der Waals surface area (Å²) in [6.45, 7) is 9.28. The minimum Gasteiger partial charge on any atom is -0.480 e. The standard InChI is InChI=1S/C13H24N2O3S/c1-9(2)10(11(16)17)14-12(18)15-6-5-13(3,4)19-8-7-15/h9-10H,5-8H2,1-4H3,(H,14,18)(H,16,17)/t10-/m1/s1. The largest absolute Gasteiger partial charge is 0.480 e. The van der Waals surface area contributed by atoms with Gasteiger partial charge in [0.2, 0.25) is 0 Å². The Bertz CT molecular complexity index is 345. The van der Waals surface area contributed by atoms with Gasteiger partial charge in [0, 0.05) is 23.6 Å². The summed E-state index contributed by atoms with van der Waals surface area (Å²) < 4.78 is 0.180. The lowest BCUT2D eigenvalue weighted by molar-refractivity contribution is -0.140. The molecule has 1 fully saturated rings. The monoisotopic (exact) mass is 288 g/mol. The number of carboxylic acid groups (broad SMARTS) is 1. The van der Waals surface area contributed by atoms with Gasteiger partial charge < -0.3 is 15.3 Å². The maximum atomic E-state index is 12.1. The number of hydrogen-bond acceptors (Lipinski definition) is 3. The zero-order valence-corrected chi connectivity index (χ0v) is 12.9. The molecule has 19 heavy (non-hydrogen) atoms. The predicted molar refractivity (Wildman–Crippen MR) is 77.5 cm³/mol. The molecule has 1 aliphatic rings. The summed E-state index contributed by atoms with van der Waals surface area (Å²) in [4.78, 5) is 24.9. The van der Waals surface area contributed by atoms with E-state index in [0.29, 0.717) is 13.1 Å². The highest BCUT2D eigenvalue weighted by Crippen LogP contribution is 2.30. The number of thioether (sulfide) groups is 1. The minimum atomic E-state index is -0.979. The first-order valence-corrected chi connectivity index (χ1v) is 7.64. The number of amides is 2. The molecule has 1 rings (SSSR count). The van der Waals surface area contributed by atoms with Gasteiger partial charge in [0.15, 0.2) is 0 Å². The minimum absolute atomic E-state index is 0.126. The van der Waals surface area contributed by atoms with Crippen molar-refractivity contribution >= 4 is 23.8 Å². The van der Waals surface area contributed by atoms with Crippen LogP contribution in [0.15, 0.2) is 0 Å². The van der Waals surface area contributed by atoms with Crippen molar-refractivity contribution in [3.63, 3.8) is 0 Å². The van der Waals surface area contributed by atoms with Gasteiger partial charge in [-0.1, -0.05) is 27.7 Å². The lowest BCUT2D eigenvalue weighted by Crippen LogP contribution is -2.50. The molecular formula is C13H24N2O3S. The molecule has 2 amide bonds. The number of carbonyl (C=O) groups is 2. The van der Waals surface area contributed by atoms with E-state index in [1.165, 1.54) is 0 Å². The molecule has 5 nitrogen and oxygen atoms in total. The van der Waals surface area contributed by atoms with Crippen molar-refractivity contribution in [1.29, 1.82) is 0 Å². The molecule has 1 aliphatic heterocycles. The molecule has 0 radical (unpaired) electrons. The third kappa shape index (κ3) is 4.93. The Morgan fingerprint density at radius 2 is 1.95 bits per heavy atom. The van der Waals surface area contributed by atoms with Crippen LogP contribution in [0.1, 0.15) is 34.1 Å². The SMILES string of the molecule is CC(C)[C@@H](NC(=O)N1CCSC(C)(C)CC1)C(=O)O. The second-order valence-electron chi connectivity index (χ2n) is 5.85. The van der Waals surface area contributed by atoms with Gasteiger partial charge in [-0.05, 0) is 12.3 Å². The highest BCUT2D eigenvalue weighted by molar-refractivity contribution is 8.00. The van der Waals surface area contributed by atoms with Gasteiger partial charge in [-0.2, -0.15) is 11.8 Å². The topological polar surface area (TPSA) is 69.6 Å². The van der Waals surface area contributed by atoms with E-state index in [9.17, 15) is 9.59 Å². The van der Waals surface area contributed by atoms with Gasteiger partial charge in [-0.15, -0.1) is 0 Å². The van der Waals surface area contributed by atoms with E-state index in [0.717, 1.165) is 12.2 Å². The van der Waals surface area contributed by atoms with Gasteiger partial charge in [-0.25, -0.2) is 9.59 Å². The lowest BCUT2D eigenvalue weighted by atomic mass is 10.1. The number of hydrogen-bond donors (Lipinski definition) is 2. The number of aliphatic carboxylic acids is 1. The zero-order chi connectivity index (χ0) is 14.6. The second-order valence-corrected chi connectivity index (χ2v) is 7.66. The smallest absolute Gasteiger partial charge is 0.326 e. The fourth-order valence-electron chi connectivity index (χ4n) is 1.96. The van der Waals surface area contributed by atoms with Crippen LogP contribution < -0.4 is 5.32 Å². The first kappa shape index (κ1) is 16.1. The molecule has 0 aromatic rings. The first-order valence-electron chi connectivity index (χ1n) is 6.65. The second kappa shape index (κ2) is 6.50. The van der Waals surface area contributed by atoms with E-state index in [1.54, 1.807) is 18.7 Å². The van der Waals surface area contributed by atoms with Crippen LogP contribution in [0, 0.1) is 5.92 Å². The predicted octanol–water partition coefficient (Wildman–Crippen LogP) is 2.02. The van der Waals surface area contributed by atoms with Crippen LogP contribution in [-0.4, -0.2) is 51.6 Å². The van der Waals surface area contributed by atoms with Crippen LogP contribution in [0.2, 0.25) is 0 Å². The Labute approximate surface area is 119 Å². The van der Waals surface area contributed by atoms with Crippen LogP contribution in [0.5, 0.6) is 0 Å². The van der Waals surface area contributed by atoms with Gasteiger partial charge in [0.05, 0.1) is 0 Å². The fraction of sp³-hybridized carbons (Fsp3) is 0.846. The van der Waals surface area contributed by atoms with E-state index in [-0.39, 0.29) is 16.7 Å². The van der Waals surface area contributed by atoms with E-state index in [1.807, 2.05) is 11.8 Å². The molecule has 0 saturated carbocycles. The summed E-state index contributed by atoms with van der Waals surface area (Å²) in [6, 6.07) is -1.09. The summed E-state index contributed by atoms with van der Waals surface area (Å²) in [5, 5.41) is 11.7. The lowest BCUT2D eigenvalue weighted by Gasteiger charge is -2.25. The first-order chi connectivity index (χ1) is 8.73. The molecular weight excluding hydrogens is 264 g/mol. The molecule has 0 aliphatic carbocycles. The van der Waals surface area contributed by atoms with Gasteiger partial charge >= 0.3 is 12.0 Å². The number of nitrogens with zero attached hydrogens (tertiary/aromatic N) is 1. The molecule has 0 spiro atoms. The number of urea groups is 1. The molecule has 6 heteroatoms. The third-order valence-electron chi connectivity index (χ3n) is 3.34. The van der Waals surface area contributed by atoms with Crippen molar-refractivity contribution in [3.05, 3.63) is 0 Å². The average molecular weight is 288 g/mol. The summed E-state index contributed by atoms with van der Waals surface area (Å²) >= 11 is 1.86. The normalized spacial score (nSPS) is 20.8. The Morgan fingerprint density at radius 1 is 1.32 bits per heavy atom. The van der Waals surface area contributed by atoms with Crippen LogP contribution in [0.3, 0.4) is 0 Å². The number of nitrogens with one attached hydrogen (secondary N) is 1. The average Bonchev–Trinajstić information content (AvgIpc) is 2.46. The number of carbonyl (C=O) groups excluding carboxylic acids is 1. The van der Waals surface area contributed by atoms with Crippen molar-refractivity contribution in [2.45, 2.75) is 44.9 Å². The maximum absolute atomic E-state index is 12.1. The molecule has 0 aromatic heterocycles. The molecule has 110 valence electrons. The molecule has 0 unspecified atom stereocenters. The van der Waals surface area contributed by atoms with E-state index >= 15 is 0 Å². The molecule has 1 heterocycles. The van der Waals surface area contributed by atoms with Gasteiger partial charge in [0.25, 0.3) is 0 Å². The van der Waals surface area contributed by atoms with Crippen molar-refractivity contribution in [3.8, 4) is 0 Å². The number of carboxylic acids is 1. The van der Waals surface area contributed by atoms with Crippen molar-refractivity contribution < 1.29 is 14.7 Å². The number of rotatable bonds is 3. The maximum Gasteiger partial charge on any atom is 0.326 e. The van der Waals surface area contributed by atoms with E-state index in [4.69, 9.17) is 5.11 Å². The van der Waals surface area contributed by atoms with Crippen LogP contribution in [0.4, 0.5) is 4.79 Å². The summed E-state index contributed by atoms with van der Waals surface area (Å²) in [5.41, 5.74) is 0. The highest BCUT2D eigenvalue weighted by atomic mass is 32.2. The van der Waals surface area contributed by atoms with Gasteiger partial charge in [-0.3, -0.25) is 0 Å². The van der Waals surface area contributed by atoms with Crippen molar-refractivity contribution in [2.75, 3.05) is 18.8 Å². The van der Waals surface area contributed by atoms with Crippen LogP contribution >= 0.6 is 11.8 Å². The molecule has 2 N–H and O–H groups in total. The molecule has 1 atom stereocenters. The quantitative estimate of drug-likeness (QED) is 0.833. The Morgan fingerprint density at radius 3 is 2.47 bits per heavy atom. The summed E-state index contributed by atoms with van der Waals surface area (Å²) in [7, 11) is 0. The molecule has 0 aromatic carbocycles.